The highest BCUT2D eigenvalue weighted by atomic mass is 16.5. The third-order valence-electron chi connectivity index (χ3n) is 3.59. The van der Waals surface area contributed by atoms with Crippen molar-refractivity contribution in [2.45, 2.75) is 63.6 Å². The van der Waals surface area contributed by atoms with Crippen LogP contribution >= 0.6 is 0 Å². The van der Waals surface area contributed by atoms with Gasteiger partial charge in [0.25, 0.3) is 0 Å². The molecule has 1 unspecified atom stereocenters. The number of hydrogen-bond acceptors (Lipinski definition) is 5. The van der Waals surface area contributed by atoms with Crippen LogP contribution < -0.4 is 5.32 Å². The van der Waals surface area contributed by atoms with Crippen molar-refractivity contribution in [2.24, 2.45) is 0 Å². The number of aryl methyl sites for hydroxylation is 1. The van der Waals surface area contributed by atoms with E-state index in [1.807, 2.05) is 0 Å². The summed E-state index contributed by atoms with van der Waals surface area (Å²) < 4.78 is 10.9. The minimum Gasteiger partial charge on any atom is -0.378 e. The molecule has 3 rings (SSSR count). The van der Waals surface area contributed by atoms with E-state index in [0.717, 1.165) is 37.7 Å². The molecule has 2 aliphatic rings. The monoisotopic (exact) mass is 251 g/mol. The summed E-state index contributed by atoms with van der Waals surface area (Å²) in [7, 11) is 0. The van der Waals surface area contributed by atoms with E-state index in [9.17, 15) is 0 Å². The van der Waals surface area contributed by atoms with Gasteiger partial charge in [-0.1, -0.05) is 5.16 Å². The summed E-state index contributed by atoms with van der Waals surface area (Å²) in [6, 6.07) is 0.683. The number of ether oxygens (including phenoxy) is 1. The van der Waals surface area contributed by atoms with Crippen LogP contribution in [0.25, 0.3) is 0 Å². The quantitative estimate of drug-likeness (QED) is 0.835. The Balaban J connectivity index is 1.41. The van der Waals surface area contributed by atoms with Gasteiger partial charge in [-0.3, -0.25) is 0 Å². The molecule has 100 valence electrons. The Morgan fingerprint density at radius 1 is 1.22 bits per heavy atom. The van der Waals surface area contributed by atoms with Crippen molar-refractivity contribution in [3.63, 3.8) is 0 Å². The molecule has 1 aromatic rings. The van der Waals surface area contributed by atoms with Crippen LogP contribution in [0.5, 0.6) is 0 Å². The van der Waals surface area contributed by atoms with E-state index in [4.69, 9.17) is 9.26 Å². The number of nitrogens with zero attached hydrogens (tertiary/aromatic N) is 2. The van der Waals surface area contributed by atoms with Crippen LogP contribution in [-0.2, 0) is 17.7 Å². The molecule has 1 N–H and O–H groups in total. The lowest BCUT2D eigenvalue weighted by Crippen LogP contribution is -2.19. The van der Waals surface area contributed by atoms with Crippen molar-refractivity contribution >= 4 is 0 Å². The number of nitrogens with one attached hydrogen (secondary N) is 1. The molecule has 1 atom stereocenters. The smallest absolute Gasteiger partial charge is 0.226 e. The molecule has 5 nitrogen and oxygen atoms in total. The Labute approximate surface area is 107 Å². The molecular weight excluding hydrogens is 230 g/mol. The minimum atomic E-state index is 0.388. The second kappa shape index (κ2) is 5.80. The van der Waals surface area contributed by atoms with E-state index >= 15 is 0 Å². The summed E-state index contributed by atoms with van der Waals surface area (Å²) in [5, 5.41) is 7.37. The van der Waals surface area contributed by atoms with Crippen LogP contribution in [-0.4, -0.2) is 28.9 Å². The van der Waals surface area contributed by atoms with Crippen LogP contribution in [0.2, 0.25) is 0 Å². The summed E-state index contributed by atoms with van der Waals surface area (Å²) in [6.07, 6.45) is 8.44. The SMILES string of the molecule is C1CCC(CCc2nc(CNC3CC3)no2)OC1. The van der Waals surface area contributed by atoms with Crippen LogP contribution in [0.1, 0.15) is 50.2 Å². The third-order valence-corrected chi connectivity index (χ3v) is 3.59. The summed E-state index contributed by atoms with van der Waals surface area (Å²) in [6.45, 7) is 1.64. The Morgan fingerprint density at radius 3 is 2.94 bits per heavy atom. The third kappa shape index (κ3) is 3.53. The highest BCUT2D eigenvalue weighted by molar-refractivity contribution is 4.90. The van der Waals surface area contributed by atoms with Crippen LogP contribution in [0.15, 0.2) is 4.52 Å². The Morgan fingerprint density at radius 2 is 2.17 bits per heavy atom. The minimum absolute atomic E-state index is 0.388. The van der Waals surface area contributed by atoms with Gasteiger partial charge in [-0.2, -0.15) is 4.98 Å². The predicted octanol–water partition coefficient (Wildman–Crippen LogP) is 1.82. The average molecular weight is 251 g/mol. The number of hydrogen-bond donors (Lipinski definition) is 1. The fourth-order valence-corrected chi connectivity index (χ4v) is 2.31. The van der Waals surface area contributed by atoms with Gasteiger partial charge in [0.2, 0.25) is 5.89 Å². The molecule has 2 fully saturated rings. The van der Waals surface area contributed by atoms with Gasteiger partial charge in [0.15, 0.2) is 5.82 Å². The maximum atomic E-state index is 5.69. The van der Waals surface area contributed by atoms with Crippen LogP contribution in [0, 0.1) is 0 Å². The van der Waals surface area contributed by atoms with E-state index in [1.54, 1.807) is 0 Å². The molecule has 0 amide bonds. The van der Waals surface area contributed by atoms with Crippen molar-refractivity contribution in [3.05, 3.63) is 11.7 Å². The van der Waals surface area contributed by atoms with Gasteiger partial charge in [0.1, 0.15) is 0 Å². The van der Waals surface area contributed by atoms with Crippen molar-refractivity contribution in [1.29, 1.82) is 0 Å². The van der Waals surface area contributed by atoms with Crippen molar-refractivity contribution in [3.8, 4) is 0 Å². The lowest BCUT2D eigenvalue weighted by atomic mass is 10.0. The topological polar surface area (TPSA) is 60.2 Å². The van der Waals surface area contributed by atoms with E-state index in [-0.39, 0.29) is 0 Å². The molecule has 0 aromatic carbocycles. The van der Waals surface area contributed by atoms with Gasteiger partial charge in [0.05, 0.1) is 12.6 Å². The Kier molecular flexibility index (Phi) is 3.90. The van der Waals surface area contributed by atoms with E-state index in [0.29, 0.717) is 12.1 Å². The summed E-state index contributed by atoms with van der Waals surface area (Å²) >= 11 is 0. The zero-order valence-corrected chi connectivity index (χ0v) is 10.7. The Hall–Kier alpha value is -0.940. The number of aromatic nitrogens is 2. The van der Waals surface area contributed by atoms with Crippen LogP contribution in [0.3, 0.4) is 0 Å². The zero-order valence-electron chi connectivity index (χ0n) is 10.7. The molecule has 1 aliphatic carbocycles. The van der Waals surface area contributed by atoms with Gasteiger partial charge >= 0.3 is 0 Å². The zero-order chi connectivity index (χ0) is 12.2. The molecular formula is C13H21N3O2. The second-order valence-corrected chi connectivity index (χ2v) is 5.29. The van der Waals surface area contributed by atoms with Crippen molar-refractivity contribution < 1.29 is 9.26 Å². The second-order valence-electron chi connectivity index (χ2n) is 5.29. The first kappa shape index (κ1) is 12.1. The molecule has 18 heavy (non-hydrogen) atoms. The van der Waals surface area contributed by atoms with Gasteiger partial charge in [-0.15, -0.1) is 0 Å². The summed E-state index contributed by atoms with van der Waals surface area (Å²) in [5.74, 6) is 1.53. The van der Waals surface area contributed by atoms with E-state index in [1.165, 1.54) is 32.1 Å². The molecule has 2 heterocycles. The molecule has 1 saturated heterocycles. The molecule has 0 radical (unpaired) electrons. The highest BCUT2D eigenvalue weighted by Gasteiger charge is 2.21. The van der Waals surface area contributed by atoms with E-state index in [2.05, 4.69) is 15.5 Å². The molecule has 0 spiro atoms. The Bertz CT molecular complexity index is 370. The number of rotatable bonds is 6. The lowest BCUT2D eigenvalue weighted by Gasteiger charge is -2.21. The standard InChI is InChI=1S/C13H21N3O2/c1-2-8-17-11(3-1)6-7-13-15-12(16-18-13)9-14-10-4-5-10/h10-11,14H,1-9H2. The average Bonchev–Trinajstić information content (AvgIpc) is 3.14. The first-order valence-corrected chi connectivity index (χ1v) is 7.06. The first-order chi connectivity index (χ1) is 8.90. The first-order valence-electron chi connectivity index (χ1n) is 7.06. The molecule has 0 bridgehead atoms. The molecule has 1 aliphatic heterocycles. The normalized spacial score (nSPS) is 24.3. The van der Waals surface area contributed by atoms with Gasteiger partial charge in [0, 0.05) is 19.1 Å². The predicted molar refractivity (Wildman–Crippen MR) is 66.1 cm³/mol. The van der Waals surface area contributed by atoms with Gasteiger partial charge in [-0.25, -0.2) is 0 Å². The largest absolute Gasteiger partial charge is 0.378 e. The molecule has 1 aromatic heterocycles. The maximum Gasteiger partial charge on any atom is 0.226 e. The van der Waals surface area contributed by atoms with Crippen molar-refractivity contribution in [2.75, 3.05) is 6.61 Å². The van der Waals surface area contributed by atoms with Gasteiger partial charge < -0.3 is 14.6 Å². The summed E-state index contributed by atoms with van der Waals surface area (Å²) in [4.78, 5) is 4.40. The highest BCUT2D eigenvalue weighted by Crippen LogP contribution is 2.19. The van der Waals surface area contributed by atoms with Crippen molar-refractivity contribution in [1.82, 2.24) is 15.5 Å². The van der Waals surface area contributed by atoms with Gasteiger partial charge in [-0.05, 0) is 38.5 Å². The van der Waals surface area contributed by atoms with E-state index < -0.39 is 0 Å². The molecule has 1 saturated carbocycles. The molecule has 5 heteroatoms. The fourth-order valence-electron chi connectivity index (χ4n) is 2.31. The lowest BCUT2D eigenvalue weighted by molar-refractivity contribution is 0.0104. The summed E-state index contributed by atoms with van der Waals surface area (Å²) in [5.41, 5.74) is 0. The maximum absolute atomic E-state index is 5.69. The fraction of sp³-hybridized carbons (Fsp3) is 0.846. The van der Waals surface area contributed by atoms with Crippen LogP contribution in [0.4, 0.5) is 0 Å².